The van der Waals surface area contributed by atoms with E-state index >= 15 is 0 Å². The molecule has 0 aliphatic carbocycles. The van der Waals surface area contributed by atoms with Crippen molar-refractivity contribution < 1.29 is 24.5 Å². The van der Waals surface area contributed by atoms with Crippen molar-refractivity contribution in [2.24, 2.45) is 0 Å². The molecule has 0 spiro atoms. The predicted molar refractivity (Wildman–Crippen MR) is 300 cm³/mol. The predicted octanol–water partition coefficient (Wildman–Crippen LogP) is 17.6. The van der Waals surface area contributed by atoms with Gasteiger partial charge in [-0.2, -0.15) is 0 Å². The fourth-order valence-corrected chi connectivity index (χ4v) is 7.84. The maximum atomic E-state index is 13.3. The smallest absolute Gasteiger partial charge is 0.306 e. The van der Waals surface area contributed by atoms with Crippen molar-refractivity contribution in [1.82, 2.24) is 5.32 Å². The van der Waals surface area contributed by atoms with Crippen LogP contribution in [-0.2, 0) is 14.3 Å². The number of carbonyl (C=O) groups is 2. The fraction of sp³-hybridized carbons (Fsp3) is 0.651. The molecule has 3 unspecified atom stereocenters. The van der Waals surface area contributed by atoms with E-state index in [4.69, 9.17) is 4.74 Å². The number of aliphatic hydroxyl groups is 2. The van der Waals surface area contributed by atoms with E-state index in [0.717, 1.165) is 122 Å². The van der Waals surface area contributed by atoms with Crippen molar-refractivity contribution in [1.29, 1.82) is 0 Å². The molecule has 0 radical (unpaired) electrons. The van der Waals surface area contributed by atoms with Crippen LogP contribution in [0.3, 0.4) is 0 Å². The summed E-state index contributed by atoms with van der Waals surface area (Å²) in [5.41, 5.74) is 0. The monoisotopic (exact) mass is 956 g/mol. The fourth-order valence-electron chi connectivity index (χ4n) is 7.84. The van der Waals surface area contributed by atoms with Crippen LogP contribution in [-0.4, -0.2) is 46.9 Å². The third-order valence-corrected chi connectivity index (χ3v) is 12.0. The molecule has 0 aromatic carbocycles. The van der Waals surface area contributed by atoms with Gasteiger partial charge in [0.05, 0.1) is 25.2 Å². The number of nitrogens with one attached hydrogen (secondary N) is 1. The van der Waals surface area contributed by atoms with Crippen LogP contribution in [0, 0.1) is 0 Å². The largest absolute Gasteiger partial charge is 0.462 e. The highest BCUT2D eigenvalue weighted by Crippen LogP contribution is 2.17. The molecule has 0 aromatic heterocycles. The summed E-state index contributed by atoms with van der Waals surface area (Å²) < 4.78 is 5.91. The summed E-state index contributed by atoms with van der Waals surface area (Å²) >= 11 is 0. The van der Waals surface area contributed by atoms with Crippen LogP contribution in [0.2, 0.25) is 0 Å². The molecule has 69 heavy (non-hydrogen) atoms. The van der Waals surface area contributed by atoms with Crippen LogP contribution in [0.15, 0.2) is 122 Å². The molecule has 0 saturated heterocycles. The van der Waals surface area contributed by atoms with Crippen LogP contribution in [0.5, 0.6) is 0 Å². The summed E-state index contributed by atoms with van der Waals surface area (Å²) in [6.45, 7) is 6.24. The number of esters is 1. The number of aliphatic hydroxyl groups excluding tert-OH is 2. The van der Waals surface area contributed by atoms with Gasteiger partial charge < -0.3 is 20.3 Å². The first-order chi connectivity index (χ1) is 34.0. The van der Waals surface area contributed by atoms with Gasteiger partial charge in [-0.25, -0.2) is 0 Å². The van der Waals surface area contributed by atoms with Crippen molar-refractivity contribution in [3.8, 4) is 0 Å². The number of hydrogen-bond acceptors (Lipinski definition) is 5. The highest BCUT2D eigenvalue weighted by atomic mass is 16.5. The second-order valence-electron chi connectivity index (χ2n) is 18.6. The van der Waals surface area contributed by atoms with E-state index in [2.05, 4.69) is 148 Å². The second kappa shape index (κ2) is 55.2. The lowest BCUT2D eigenvalue weighted by atomic mass is 10.0. The van der Waals surface area contributed by atoms with Crippen LogP contribution < -0.4 is 5.32 Å². The third-order valence-electron chi connectivity index (χ3n) is 12.0. The van der Waals surface area contributed by atoms with E-state index in [1.807, 2.05) is 0 Å². The van der Waals surface area contributed by atoms with E-state index in [9.17, 15) is 19.8 Å². The van der Waals surface area contributed by atoms with E-state index < -0.39 is 18.2 Å². The van der Waals surface area contributed by atoms with Gasteiger partial charge in [0.2, 0.25) is 5.91 Å². The lowest BCUT2D eigenvalue weighted by Crippen LogP contribution is -2.46. The molecule has 0 aliphatic heterocycles. The van der Waals surface area contributed by atoms with Gasteiger partial charge in [0.1, 0.15) is 6.10 Å². The van der Waals surface area contributed by atoms with E-state index in [1.54, 1.807) is 0 Å². The molecule has 6 nitrogen and oxygen atoms in total. The quantitative estimate of drug-likeness (QED) is 0.0321. The van der Waals surface area contributed by atoms with Crippen LogP contribution in [0.25, 0.3) is 0 Å². The molecule has 6 heteroatoms. The molecule has 3 atom stereocenters. The normalized spacial score (nSPS) is 14.1. The van der Waals surface area contributed by atoms with Crippen molar-refractivity contribution in [2.75, 3.05) is 6.61 Å². The number of allylic oxidation sites excluding steroid dienone is 20. The topological polar surface area (TPSA) is 95.9 Å². The Morgan fingerprint density at radius 3 is 1.20 bits per heavy atom. The van der Waals surface area contributed by atoms with E-state index in [0.29, 0.717) is 19.3 Å². The van der Waals surface area contributed by atoms with Crippen molar-refractivity contribution in [3.63, 3.8) is 0 Å². The Morgan fingerprint density at radius 1 is 0.435 bits per heavy atom. The summed E-state index contributed by atoms with van der Waals surface area (Å²) in [4.78, 5) is 26.3. The average molecular weight is 957 g/mol. The summed E-state index contributed by atoms with van der Waals surface area (Å²) in [5, 5.41) is 23.8. The molecule has 0 rings (SSSR count). The third kappa shape index (κ3) is 50.5. The van der Waals surface area contributed by atoms with Crippen molar-refractivity contribution in [2.45, 2.75) is 257 Å². The molecular formula is C63H105NO5. The van der Waals surface area contributed by atoms with Crippen LogP contribution in [0.4, 0.5) is 0 Å². The Balaban J connectivity index is 4.76. The first kappa shape index (κ1) is 65.3. The number of carbonyl (C=O) groups excluding carboxylic acids is 2. The zero-order chi connectivity index (χ0) is 50.2. The first-order valence-electron chi connectivity index (χ1n) is 28.3. The number of rotatable bonds is 49. The summed E-state index contributed by atoms with van der Waals surface area (Å²) in [5.74, 6) is -0.576. The number of unbranched alkanes of at least 4 members (excludes halogenated alkanes) is 17. The zero-order valence-electron chi connectivity index (χ0n) is 44.6. The van der Waals surface area contributed by atoms with Gasteiger partial charge in [0.25, 0.3) is 0 Å². The molecule has 0 aliphatic rings. The maximum absolute atomic E-state index is 13.3. The lowest BCUT2D eigenvalue weighted by molar-refractivity contribution is -0.151. The Kier molecular flexibility index (Phi) is 52.2. The van der Waals surface area contributed by atoms with Gasteiger partial charge >= 0.3 is 5.97 Å². The Morgan fingerprint density at radius 2 is 0.797 bits per heavy atom. The molecular weight excluding hydrogens is 851 g/mol. The molecule has 392 valence electrons. The summed E-state index contributed by atoms with van der Waals surface area (Å²) in [6.07, 6.45) is 76.9. The van der Waals surface area contributed by atoms with Gasteiger partial charge in [-0.05, 0) is 109 Å². The Labute approximate surface area is 425 Å². The summed E-state index contributed by atoms with van der Waals surface area (Å²) in [7, 11) is 0. The minimum Gasteiger partial charge on any atom is -0.462 e. The number of ether oxygens (including phenoxy) is 1. The second-order valence-corrected chi connectivity index (χ2v) is 18.6. The van der Waals surface area contributed by atoms with Gasteiger partial charge in [0, 0.05) is 6.42 Å². The van der Waals surface area contributed by atoms with Crippen molar-refractivity contribution >= 4 is 11.9 Å². The maximum Gasteiger partial charge on any atom is 0.306 e. The molecule has 0 bridgehead atoms. The molecule has 0 heterocycles. The molecule has 0 fully saturated rings. The molecule has 0 aromatic rings. The highest BCUT2D eigenvalue weighted by molar-refractivity contribution is 5.77. The van der Waals surface area contributed by atoms with Crippen LogP contribution in [0.1, 0.15) is 239 Å². The van der Waals surface area contributed by atoms with E-state index in [1.165, 1.54) is 70.6 Å². The van der Waals surface area contributed by atoms with E-state index in [-0.39, 0.29) is 24.9 Å². The highest BCUT2D eigenvalue weighted by Gasteiger charge is 2.24. The van der Waals surface area contributed by atoms with Gasteiger partial charge in [0.15, 0.2) is 0 Å². The molecule has 0 saturated carbocycles. The van der Waals surface area contributed by atoms with Crippen LogP contribution >= 0.6 is 0 Å². The molecule has 1 amide bonds. The average Bonchev–Trinajstić information content (AvgIpc) is 3.34. The zero-order valence-corrected chi connectivity index (χ0v) is 44.6. The molecule has 3 N–H and O–H groups in total. The standard InChI is InChI=1S/C63H105NO5/c1-4-7-10-13-16-19-22-25-28-30-31-33-35-38-41-44-47-50-53-56-63(68)69-59(54-51-48-45-42-39-36-34-32-29-26-23-20-17-14-11-8-5-2)57-62(67)64-60(58-65)61(66)55-52-49-46-43-40-37-27-24-21-18-15-12-9-6-3/h7-8,10-11,16-17,19-20,25-26,28-29,31,33-34,36,38,41-42,45,59-61,65-66H,4-6,9,12-15,18,21-24,27,30,32,35,37,39-40,43-44,46-58H2,1-3H3,(H,64,67)/b10-7-,11-8-,19-16-,20-17-,28-25-,29-26-,33-31-,36-34-,41-38-,45-42-. The Hall–Kier alpha value is -3.74. The lowest BCUT2D eigenvalue weighted by Gasteiger charge is -2.24. The Bertz CT molecular complexity index is 1440. The first-order valence-corrected chi connectivity index (χ1v) is 28.3. The van der Waals surface area contributed by atoms with Crippen molar-refractivity contribution in [3.05, 3.63) is 122 Å². The van der Waals surface area contributed by atoms with Gasteiger partial charge in [-0.1, -0.05) is 239 Å². The summed E-state index contributed by atoms with van der Waals surface area (Å²) in [6, 6.07) is -0.736. The minimum atomic E-state index is -0.817. The van der Waals surface area contributed by atoms with Gasteiger partial charge in [-0.3, -0.25) is 9.59 Å². The number of amides is 1. The van der Waals surface area contributed by atoms with Gasteiger partial charge in [-0.15, -0.1) is 0 Å². The SMILES string of the molecule is CC/C=C\C/C=C\C/C=C\C/C=C\C/C=C\CCCCCC(=O)OC(CCC/C=C\C/C=C\C/C=C\C/C=C\C/C=C\CC)CC(=O)NC(CO)C(O)CCCCCCCCCCCCCCCC. The minimum absolute atomic E-state index is 0.0174. The number of hydrogen-bond donors (Lipinski definition) is 3.